The molecule has 1 aliphatic carbocycles. The summed E-state index contributed by atoms with van der Waals surface area (Å²) >= 11 is 0. The Kier molecular flexibility index (Phi) is 6.49. The first kappa shape index (κ1) is 18.1. The molecule has 0 aromatic carbocycles. The number of ether oxygens (including phenoxy) is 2. The van der Waals surface area contributed by atoms with Crippen LogP contribution in [0.4, 0.5) is 0 Å². The van der Waals surface area contributed by atoms with Crippen LogP contribution in [-0.2, 0) is 14.3 Å². The van der Waals surface area contributed by atoms with Crippen molar-refractivity contribution in [1.29, 1.82) is 0 Å². The van der Waals surface area contributed by atoms with Gasteiger partial charge in [0.1, 0.15) is 6.10 Å². The van der Waals surface area contributed by atoms with Crippen molar-refractivity contribution < 1.29 is 19.4 Å². The Morgan fingerprint density at radius 3 is 2.58 bits per heavy atom. The standard InChI is InChI=1S/C18H32N2O4/c1-14(24-13-15-5-2-3-12-23-15)18(22)20-10-8-19(9-11-20)16-6-4-7-17(16)21/h14-17,21H,2-13H2,1H3/t14-,15-,16-,17+/m0/s1. The van der Waals surface area contributed by atoms with Gasteiger partial charge >= 0.3 is 0 Å². The van der Waals surface area contributed by atoms with Gasteiger partial charge in [-0.15, -0.1) is 0 Å². The van der Waals surface area contributed by atoms with E-state index in [1.807, 2.05) is 11.8 Å². The Morgan fingerprint density at radius 2 is 1.96 bits per heavy atom. The number of aliphatic hydroxyl groups excluding tert-OH is 1. The SMILES string of the molecule is C[C@H](OC[C@@H]1CCCCO1)C(=O)N1CCN([C@H]2CCC[C@H]2O)CC1. The van der Waals surface area contributed by atoms with Gasteiger partial charge in [-0.05, 0) is 45.4 Å². The van der Waals surface area contributed by atoms with Crippen molar-refractivity contribution in [2.45, 2.75) is 69.8 Å². The average Bonchev–Trinajstić information content (AvgIpc) is 3.06. The van der Waals surface area contributed by atoms with E-state index in [2.05, 4.69) is 4.90 Å². The number of hydrogen-bond acceptors (Lipinski definition) is 5. The summed E-state index contributed by atoms with van der Waals surface area (Å²) in [5.41, 5.74) is 0. The Labute approximate surface area is 145 Å². The zero-order valence-electron chi connectivity index (χ0n) is 14.9. The molecule has 3 aliphatic rings. The number of aliphatic hydroxyl groups is 1. The monoisotopic (exact) mass is 340 g/mol. The van der Waals surface area contributed by atoms with Gasteiger partial charge in [-0.2, -0.15) is 0 Å². The van der Waals surface area contributed by atoms with Crippen molar-refractivity contribution in [1.82, 2.24) is 9.80 Å². The predicted octanol–water partition coefficient (Wildman–Crippen LogP) is 1.02. The molecule has 0 radical (unpaired) electrons. The fourth-order valence-electron chi connectivity index (χ4n) is 4.14. The molecule has 3 fully saturated rings. The number of rotatable bonds is 5. The van der Waals surface area contributed by atoms with Gasteiger partial charge in [0.25, 0.3) is 5.91 Å². The molecule has 6 nitrogen and oxygen atoms in total. The highest BCUT2D eigenvalue weighted by Crippen LogP contribution is 2.25. The Morgan fingerprint density at radius 1 is 1.17 bits per heavy atom. The lowest BCUT2D eigenvalue weighted by Gasteiger charge is -2.39. The van der Waals surface area contributed by atoms with Crippen LogP contribution in [0.1, 0.15) is 45.4 Å². The Bertz CT molecular complexity index is 406. The molecule has 3 rings (SSSR count). The van der Waals surface area contributed by atoms with Gasteiger partial charge in [0, 0.05) is 38.8 Å². The van der Waals surface area contributed by atoms with Crippen molar-refractivity contribution in [2.75, 3.05) is 39.4 Å². The third-order valence-electron chi connectivity index (χ3n) is 5.69. The maximum atomic E-state index is 12.6. The minimum absolute atomic E-state index is 0.0810. The zero-order valence-corrected chi connectivity index (χ0v) is 14.9. The molecule has 0 aromatic heterocycles. The Hall–Kier alpha value is -0.690. The van der Waals surface area contributed by atoms with Crippen LogP contribution in [0.3, 0.4) is 0 Å². The summed E-state index contributed by atoms with van der Waals surface area (Å²) in [6.07, 6.45) is 6.01. The first-order valence-electron chi connectivity index (χ1n) is 9.59. The molecule has 0 bridgehead atoms. The third kappa shape index (κ3) is 4.48. The van der Waals surface area contributed by atoms with Gasteiger partial charge in [-0.3, -0.25) is 9.69 Å². The minimum Gasteiger partial charge on any atom is -0.391 e. The first-order chi connectivity index (χ1) is 11.6. The quantitative estimate of drug-likeness (QED) is 0.810. The smallest absolute Gasteiger partial charge is 0.251 e. The fourth-order valence-corrected chi connectivity index (χ4v) is 4.14. The van der Waals surface area contributed by atoms with Crippen LogP contribution in [0.5, 0.6) is 0 Å². The summed E-state index contributed by atoms with van der Waals surface area (Å²) in [5.74, 6) is 0.0810. The number of carbonyl (C=O) groups is 1. The fraction of sp³-hybridized carbons (Fsp3) is 0.944. The third-order valence-corrected chi connectivity index (χ3v) is 5.69. The summed E-state index contributed by atoms with van der Waals surface area (Å²) < 4.78 is 11.4. The van der Waals surface area contributed by atoms with E-state index in [1.54, 1.807) is 0 Å². The maximum Gasteiger partial charge on any atom is 0.251 e. The zero-order chi connectivity index (χ0) is 16.9. The largest absolute Gasteiger partial charge is 0.391 e. The van der Waals surface area contributed by atoms with Gasteiger partial charge in [-0.25, -0.2) is 0 Å². The number of amides is 1. The summed E-state index contributed by atoms with van der Waals surface area (Å²) in [6, 6.07) is 0.291. The summed E-state index contributed by atoms with van der Waals surface area (Å²) in [4.78, 5) is 16.8. The van der Waals surface area contributed by atoms with Gasteiger partial charge in [0.05, 0.1) is 18.8 Å². The number of carbonyl (C=O) groups excluding carboxylic acids is 1. The lowest BCUT2D eigenvalue weighted by molar-refractivity contribution is -0.148. The molecule has 2 saturated heterocycles. The summed E-state index contributed by atoms with van der Waals surface area (Å²) in [5, 5.41) is 10.0. The van der Waals surface area contributed by atoms with Crippen molar-refractivity contribution in [3.05, 3.63) is 0 Å². The van der Waals surface area contributed by atoms with Gasteiger partial charge in [0.2, 0.25) is 0 Å². The van der Waals surface area contributed by atoms with Crippen LogP contribution in [-0.4, -0.2) is 84.6 Å². The molecule has 6 heteroatoms. The normalized spacial score (nSPS) is 33.6. The average molecular weight is 340 g/mol. The van der Waals surface area contributed by atoms with E-state index < -0.39 is 6.10 Å². The topological polar surface area (TPSA) is 62.2 Å². The second-order valence-electron chi connectivity index (χ2n) is 7.39. The van der Waals surface area contributed by atoms with E-state index in [9.17, 15) is 9.90 Å². The molecular formula is C18H32N2O4. The highest BCUT2D eigenvalue weighted by Gasteiger charge is 2.34. The Balaban J connectivity index is 1.39. The highest BCUT2D eigenvalue weighted by atomic mass is 16.5. The van der Waals surface area contributed by atoms with Crippen LogP contribution in [0.25, 0.3) is 0 Å². The van der Waals surface area contributed by atoms with Crippen LogP contribution >= 0.6 is 0 Å². The number of nitrogens with zero attached hydrogens (tertiary/aromatic N) is 2. The molecule has 0 aromatic rings. The van der Waals surface area contributed by atoms with Gasteiger partial charge < -0.3 is 19.5 Å². The predicted molar refractivity (Wildman–Crippen MR) is 90.8 cm³/mol. The second-order valence-corrected chi connectivity index (χ2v) is 7.39. The van der Waals surface area contributed by atoms with E-state index in [4.69, 9.17) is 9.47 Å². The van der Waals surface area contributed by atoms with Gasteiger partial charge in [0.15, 0.2) is 0 Å². The number of piperazine rings is 1. The molecule has 4 atom stereocenters. The molecule has 2 aliphatic heterocycles. The summed E-state index contributed by atoms with van der Waals surface area (Å²) in [6.45, 7) is 6.34. The van der Waals surface area contributed by atoms with Crippen LogP contribution in [0.15, 0.2) is 0 Å². The molecule has 138 valence electrons. The summed E-state index contributed by atoms with van der Waals surface area (Å²) in [7, 11) is 0. The van der Waals surface area contributed by atoms with E-state index >= 15 is 0 Å². The van der Waals surface area contributed by atoms with E-state index in [1.165, 1.54) is 6.42 Å². The molecule has 1 amide bonds. The van der Waals surface area contributed by atoms with Crippen molar-refractivity contribution in [3.63, 3.8) is 0 Å². The molecule has 0 spiro atoms. The molecule has 2 heterocycles. The molecule has 1 saturated carbocycles. The van der Waals surface area contributed by atoms with E-state index in [-0.39, 0.29) is 18.1 Å². The minimum atomic E-state index is -0.404. The van der Waals surface area contributed by atoms with Crippen LogP contribution < -0.4 is 0 Å². The lowest BCUT2D eigenvalue weighted by atomic mass is 10.1. The van der Waals surface area contributed by atoms with Crippen molar-refractivity contribution in [2.24, 2.45) is 0 Å². The molecule has 24 heavy (non-hydrogen) atoms. The van der Waals surface area contributed by atoms with Crippen molar-refractivity contribution >= 4 is 5.91 Å². The van der Waals surface area contributed by atoms with Gasteiger partial charge in [-0.1, -0.05) is 0 Å². The van der Waals surface area contributed by atoms with Crippen LogP contribution in [0, 0.1) is 0 Å². The van der Waals surface area contributed by atoms with E-state index in [0.717, 1.165) is 64.9 Å². The highest BCUT2D eigenvalue weighted by molar-refractivity contribution is 5.80. The maximum absolute atomic E-state index is 12.6. The van der Waals surface area contributed by atoms with E-state index in [0.29, 0.717) is 12.6 Å². The molecular weight excluding hydrogens is 308 g/mol. The molecule has 1 N–H and O–H groups in total. The number of hydrogen-bond donors (Lipinski definition) is 1. The molecule has 0 unspecified atom stereocenters. The van der Waals surface area contributed by atoms with Crippen LogP contribution in [0.2, 0.25) is 0 Å². The van der Waals surface area contributed by atoms with Crippen molar-refractivity contribution in [3.8, 4) is 0 Å². The lowest BCUT2D eigenvalue weighted by Crippen LogP contribution is -2.55. The first-order valence-corrected chi connectivity index (χ1v) is 9.59. The second kappa shape index (κ2) is 8.61.